The minimum Gasteiger partial charge on any atom is -0.748 e. The minimum absolute atomic E-state index is 0. The third-order valence-electron chi connectivity index (χ3n) is 3.11. The van der Waals surface area contributed by atoms with Gasteiger partial charge >= 0.3 is 103 Å². The summed E-state index contributed by atoms with van der Waals surface area (Å²) in [5, 5.41) is -2.82. The quantitative estimate of drug-likeness (QED) is 0.347. The molecule has 12 heteroatoms. The van der Waals surface area contributed by atoms with Crippen LogP contribution in [-0.4, -0.2) is 62.9 Å². The van der Waals surface area contributed by atoms with Crippen molar-refractivity contribution in [2.45, 2.75) is 35.5 Å². The van der Waals surface area contributed by atoms with Crippen LogP contribution in [0.1, 0.15) is 12.8 Å². The minimum atomic E-state index is -4.65. The number of hydrogen-bond acceptors (Lipinski definition) is 8. The molecule has 20 heavy (non-hydrogen) atoms. The van der Waals surface area contributed by atoms with Gasteiger partial charge in [-0.25, -0.2) is 16.8 Å². The van der Waals surface area contributed by atoms with Crippen molar-refractivity contribution in [1.82, 2.24) is 0 Å². The predicted molar refractivity (Wildman–Crippen MR) is 57.8 cm³/mol. The van der Waals surface area contributed by atoms with Gasteiger partial charge in [0.25, 0.3) is 0 Å². The Bertz CT molecular complexity index is 445. The van der Waals surface area contributed by atoms with Crippen LogP contribution in [0.5, 0.6) is 0 Å². The van der Waals surface area contributed by atoms with E-state index in [-0.39, 0.29) is 116 Å². The SMILES string of the molecule is COC1CC(S(=O)(=O)[O-])C(OC)CC1S(=O)(=O)[O-].[K+].[K+]. The second-order valence-corrected chi connectivity index (χ2v) is 7.26. The average molecular weight is 381 g/mol. The van der Waals surface area contributed by atoms with E-state index in [9.17, 15) is 25.9 Å². The molecule has 108 valence electrons. The van der Waals surface area contributed by atoms with Crippen molar-refractivity contribution < 1.29 is 138 Å². The maximum absolute atomic E-state index is 11.1. The molecule has 0 aromatic heterocycles. The van der Waals surface area contributed by atoms with Crippen LogP contribution in [0.15, 0.2) is 0 Å². The zero-order valence-corrected chi connectivity index (χ0v) is 19.7. The summed E-state index contributed by atoms with van der Waals surface area (Å²) < 4.78 is 75.9. The molecule has 0 N–H and O–H groups in total. The molecule has 0 aromatic rings. The van der Waals surface area contributed by atoms with E-state index in [4.69, 9.17) is 9.47 Å². The van der Waals surface area contributed by atoms with E-state index in [1.807, 2.05) is 0 Å². The fourth-order valence-corrected chi connectivity index (χ4v) is 4.21. The van der Waals surface area contributed by atoms with Crippen LogP contribution in [0.3, 0.4) is 0 Å². The van der Waals surface area contributed by atoms with Crippen molar-refractivity contribution in [3.8, 4) is 0 Å². The molecule has 0 aliphatic heterocycles. The second-order valence-electron chi connectivity index (χ2n) is 4.08. The molecule has 4 unspecified atom stereocenters. The maximum Gasteiger partial charge on any atom is 1.00 e. The summed E-state index contributed by atoms with van der Waals surface area (Å²) in [6, 6.07) is 0. The van der Waals surface area contributed by atoms with Gasteiger partial charge in [-0.05, 0) is 12.8 Å². The number of ether oxygens (including phenoxy) is 2. The van der Waals surface area contributed by atoms with E-state index in [0.717, 1.165) is 14.2 Å². The molecule has 0 saturated heterocycles. The van der Waals surface area contributed by atoms with Gasteiger partial charge in [-0.2, -0.15) is 0 Å². The molecule has 0 amide bonds. The van der Waals surface area contributed by atoms with Crippen molar-refractivity contribution >= 4 is 20.2 Å². The van der Waals surface area contributed by atoms with Crippen molar-refractivity contribution in [2.75, 3.05) is 14.2 Å². The van der Waals surface area contributed by atoms with Gasteiger partial charge in [-0.3, -0.25) is 0 Å². The molecule has 1 aliphatic rings. The Labute approximate surface area is 204 Å². The summed E-state index contributed by atoms with van der Waals surface area (Å²) >= 11 is 0. The molecule has 0 radical (unpaired) electrons. The number of rotatable bonds is 4. The summed E-state index contributed by atoms with van der Waals surface area (Å²) in [5.41, 5.74) is 0. The zero-order valence-electron chi connectivity index (χ0n) is 11.8. The van der Waals surface area contributed by atoms with Gasteiger partial charge in [0, 0.05) is 14.2 Å². The Balaban J connectivity index is 0. The van der Waals surface area contributed by atoms with Crippen LogP contribution in [0.25, 0.3) is 0 Å². The molecular weight excluding hydrogens is 366 g/mol. The predicted octanol–water partition coefficient (Wildman–Crippen LogP) is -7.35. The van der Waals surface area contributed by atoms with E-state index < -0.39 is 42.9 Å². The normalized spacial score (nSPS) is 31.0. The molecule has 1 aliphatic carbocycles. The van der Waals surface area contributed by atoms with Crippen molar-refractivity contribution in [3.63, 3.8) is 0 Å². The first kappa shape index (κ1) is 25.3. The molecule has 0 aromatic carbocycles. The largest absolute Gasteiger partial charge is 1.00 e. The summed E-state index contributed by atoms with van der Waals surface area (Å²) in [5.74, 6) is 0. The van der Waals surface area contributed by atoms with Gasteiger partial charge in [0.2, 0.25) is 0 Å². The van der Waals surface area contributed by atoms with Crippen molar-refractivity contribution in [2.24, 2.45) is 0 Å². The summed E-state index contributed by atoms with van der Waals surface area (Å²) in [6.07, 6.45) is -2.97. The molecule has 0 spiro atoms. The van der Waals surface area contributed by atoms with Crippen LogP contribution in [-0.2, 0) is 29.7 Å². The Morgan fingerprint density at radius 1 is 0.800 bits per heavy atom. The summed E-state index contributed by atoms with van der Waals surface area (Å²) in [6.45, 7) is 0. The molecule has 0 bridgehead atoms. The molecule has 4 atom stereocenters. The summed E-state index contributed by atoms with van der Waals surface area (Å²) in [4.78, 5) is 0. The van der Waals surface area contributed by atoms with Gasteiger partial charge in [-0.15, -0.1) is 0 Å². The van der Waals surface area contributed by atoms with E-state index in [1.165, 1.54) is 0 Å². The van der Waals surface area contributed by atoms with Crippen molar-refractivity contribution in [1.29, 1.82) is 0 Å². The Morgan fingerprint density at radius 2 is 1.05 bits per heavy atom. The fraction of sp³-hybridized carbons (Fsp3) is 1.00. The molecule has 0 heterocycles. The van der Waals surface area contributed by atoms with Gasteiger partial charge in [0.05, 0.1) is 22.7 Å². The Kier molecular flexibility index (Phi) is 12.8. The van der Waals surface area contributed by atoms with Gasteiger partial charge < -0.3 is 18.6 Å². The Hall–Kier alpha value is 3.01. The molecule has 1 rings (SSSR count). The topological polar surface area (TPSA) is 133 Å². The molecular formula is C8H14K2O8S2. The average Bonchev–Trinajstić information content (AvgIpc) is 2.24. The number of hydrogen-bond donors (Lipinski definition) is 0. The standard InChI is InChI=1S/C8H16O8S2.2K/c1-15-5-3-8(18(12,13)14)6(16-2)4-7(5)17(9,10)11;;/h5-8H,3-4H2,1-2H3,(H,9,10,11)(H,12,13,14);;/q;2*+1/p-2. The van der Waals surface area contributed by atoms with Crippen LogP contribution in [0.2, 0.25) is 0 Å². The second kappa shape index (κ2) is 10.1. The van der Waals surface area contributed by atoms with E-state index in [2.05, 4.69) is 0 Å². The molecule has 1 fully saturated rings. The van der Waals surface area contributed by atoms with Crippen LogP contribution >= 0.6 is 0 Å². The first-order chi connectivity index (χ1) is 8.11. The Morgan fingerprint density at radius 3 is 1.20 bits per heavy atom. The summed E-state index contributed by atoms with van der Waals surface area (Å²) in [7, 11) is -6.99. The molecule has 8 nitrogen and oxygen atoms in total. The molecule has 1 saturated carbocycles. The van der Waals surface area contributed by atoms with Crippen molar-refractivity contribution in [3.05, 3.63) is 0 Å². The van der Waals surface area contributed by atoms with Gasteiger partial charge in [-0.1, -0.05) is 0 Å². The third-order valence-corrected chi connectivity index (χ3v) is 5.58. The van der Waals surface area contributed by atoms with E-state index in [0.29, 0.717) is 0 Å². The smallest absolute Gasteiger partial charge is 0.748 e. The van der Waals surface area contributed by atoms with Crippen LogP contribution in [0, 0.1) is 0 Å². The first-order valence-electron chi connectivity index (χ1n) is 5.06. The van der Waals surface area contributed by atoms with E-state index in [1.54, 1.807) is 0 Å². The maximum atomic E-state index is 11.1. The zero-order chi connectivity index (χ0) is 14.1. The van der Waals surface area contributed by atoms with Crippen LogP contribution in [0.4, 0.5) is 0 Å². The monoisotopic (exact) mass is 380 g/mol. The fourth-order valence-electron chi connectivity index (χ4n) is 2.17. The van der Waals surface area contributed by atoms with Gasteiger partial charge in [0.15, 0.2) is 0 Å². The van der Waals surface area contributed by atoms with Crippen LogP contribution < -0.4 is 103 Å². The third kappa shape index (κ3) is 6.87. The van der Waals surface area contributed by atoms with Gasteiger partial charge in [0.1, 0.15) is 20.2 Å². The van der Waals surface area contributed by atoms with E-state index >= 15 is 0 Å². The number of methoxy groups -OCH3 is 2. The first-order valence-corrected chi connectivity index (χ1v) is 8.00.